The molecule has 4 heteroatoms. The maximum absolute atomic E-state index is 12.0. The van der Waals surface area contributed by atoms with Gasteiger partial charge in [-0.05, 0) is 51.6 Å². The second-order valence-electron chi connectivity index (χ2n) is 6.05. The van der Waals surface area contributed by atoms with Crippen LogP contribution in [0.25, 0.3) is 0 Å². The Morgan fingerprint density at radius 1 is 1.37 bits per heavy atom. The predicted octanol–water partition coefficient (Wildman–Crippen LogP) is 1.79. The van der Waals surface area contributed by atoms with E-state index in [1.165, 1.54) is 19.3 Å². The number of piperidine rings is 1. The van der Waals surface area contributed by atoms with Crippen LogP contribution in [0.3, 0.4) is 0 Å². The maximum atomic E-state index is 12.0. The van der Waals surface area contributed by atoms with Crippen molar-refractivity contribution in [1.82, 2.24) is 10.2 Å². The molecule has 1 aliphatic heterocycles. The Balaban J connectivity index is 1.78. The third-order valence-electron chi connectivity index (χ3n) is 4.05. The lowest BCUT2D eigenvalue weighted by molar-refractivity contribution is -0.151. The van der Waals surface area contributed by atoms with Gasteiger partial charge >= 0.3 is 5.97 Å². The summed E-state index contributed by atoms with van der Waals surface area (Å²) < 4.78 is 5.21. The Kier molecular flexibility index (Phi) is 5.64. The van der Waals surface area contributed by atoms with E-state index >= 15 is 0 Å². The molecule has 2 unspecified atom stereocenters. The monoisotopic (exact) mass is 268 g/mol. The first-order chi connectivity index (χ1) is 9.20. The number of rotatable bonds is 7. The first-order valence-corrected chi connectivity index (χ1v) is 7.84. The van der Waals surface area contributed by atoms with Crippen LogP contribution in [0, 0.1) is 5.92 Å². The third kappa shape index (κ3) is 4.77. The summed E-state index contributed by atoms with van der Waals surface area (Å²) in [6.45, 7) is 7.75. The van der Waals surface area contributed by atoms with Crippen LogP contribution in [0.2, 0.25) is 0 Å². The SMILES string of the molecule is CCOC(=O)C1CCCCN1CC(C)CNC1CC1. The zero-order valence-electron chi connectivity index (χ0n) is 12.4. The van der Waals surface area contributed by atoms with Crippen molar-refractivity contribution >= 4 is 5.97 Å². The summed E-state index contributed by atoms with van der Waals surface area (Å²) in [5, 5.41) is 3.57. The summed E-state index contributed by atoms with van der Waals surface area (Å²) in [5.74, 6) is 0.570. The normalized spacial score (nSPS) is 26.1. The number of nitrogens with one attached hydrogen (secondary N) is 1. The molecule has 0 radical (unpaired) electrons. The van der Waals surface area contributed by atoms with Crippen LogP contribution in [0.5, 0.6) is 0 Å². The van der Waals surface area contributed by atoms with Gasteiger partial charge in [0.1, 0.15) is 6.04 Å². The van der Waals surface area contributed by atoms with Crippen molar-refractivity contribution in [2.75, 3.05) is 26.2 Å². The molecule has 1 aliphatic carbocycles. The fraction of sp³-hybridized carbons (Fsp3) is 0.933. The van der Waals surface area contributed by atoms with Gasteiger partial charge in [0.2, 0.25) is 0 Å². The molecule has 0 aromatic heterocycles. The van der Waals surface area contributed by atoms with Crippen LogP contribution >= 0.6 is 0 Å². The number of likely N-dealkylation sites (tertiary alicyclic amines) is 1. The average molecular weight is 268 g/mol. The van der Waals surface area contributed by atoms with Gasteiger partial charge in [0.25, 0.3) is 0 Å². The van der Waals surface area contributed by atoms with E-state index in [9.17, 15) is 4.79 Å². The van der Waals surface area contributed by atoms with Gasteiger partial charge in [-0.2, -0.15) is 0 Å². The molecule has 1 saturated heterocycles. The highest BCUT2D eigenvalue weighted by Gasteiger charge is 2.30. The van der Waals surface area contributed by atoms with Gasteiger partial charge in [-0.1, -0.05) is 13.3 Å². The second-order valence-corrected chi connectivity index (χ2v) is 6.05. The van der Waals surface area contributed by atoms with Crippen LogP contribution < -0.4 is 5.32 Å². The summed E-state index contributed by atoms with van der Waals surface area (Å²) >= 11 is 0. The maximum Gasteiger partial charge on any atom is 0.323 e. The minimum Gasteiger partial charge on any atom is -0.465 e. The lowest BCUT2D eigenvalue weighted by Gasteiger charge is -2.35. The highest BCUT2D eigenvalue weighted by atomic mass is 16.5. The number of esters is 1. The van der Waals surface area contributed by atoms with Crippen LogP contribution in [0.15, 0.2) is 0 Å². The van der Waals surface area contributed by atoms with Gasteiger partial charge in [0.15, 0.2) is 0 Å². The van der Waals surface area contributed by atoms with Crippen molar-refractivity contribution in [1.29, 1.82) is 0 Å². The Labute approximate surface area is 116 Å². The third-order valence-corrected chi connectivity index (χ3v) is 4.05. The van der Waals surface area contributed by atoms with E-state index < -0.39 is 0 Å². The Hall–Kier alpha value is -0.610. The van der Waals surface area contributed by atoms with Gasteiger partial charge in [-0.15, -0.1) is 0 Å². The molecule has 19 heavy (non-hydrogen) atoms. The van der Waals surface area contributed by atoms with E-state index in [0.29, 0.717) is 12.5 Å². The van der Waals surface area contributed by atoms with Crippen LogP contribution in [0.4, 0.5) is 0 Å². The molecule has 0 aromatic rings. The lowest BCUT2D eigenvalue weighted by Crippen LogP contribution is -2.48. The summed E-state index contributed by atoms with van der Waals surface area (Å²) in [4.78, 5) is 14.3. The lowest BCUT2D eigenvalue weighted by atomic mass is 10.00. The van der Waals surface area contributed by atoms with E-state index in [1.54, 1.807) is 0 Å². The number of hydrogen-bond donors (Lipinski definition) is 1. The first-order valence-electron chi connectivity index (χ1n) is 7.84. The average Bonchev–Trinajstić information content (AvgIpc) is 3.21. The zero-order valence-corrected chi connectivity index (χ0v) is 12.4. The standard InChI is InChI=1S/C15H28N2O2/c1-3-19-15(18)14-6-4-5-9-17(14)11-12(2)10-16-13-7-8-13/h12-14,16H,3-11H2,1-2H3. The quantitative estimate of drug-likeness (QED) is 0.715. The second kappa shape index (κ2) is 7.25. The van der Waals surface area contributed by atoms with Crippen molar-refractivity contribution in [2.45, 2.75) is 58.0 Å². The van der Waals surface area contributed by atoms with E-state index in [4.69, 9.17) is 4.74 Å². The van der Waals surface area contributed by atoms with E-state index in [-0.39, 0.29) is 12.0 Å². The predicted molar refractivity (Wildman–Crippen MR) is 76.0 cm³/mol. The Morgan fingerprint density at radius 3 is 2.84 bits per heavy atom. The number of nitrogens with zero attached hydrogens (tertiary/aromatic N) is 1. The van der Waals surface area contributed by atoms with Crippen molar-refractivity contribution < 1.29 is 9.53 Å². The fourth-order valence-corrected chi connectivity index (χ4v) is 2.84. The minimum atomic E-state index is -0.0236. The minimum absolute atomic E-state index is 0.00271. The highest BCUT2D eigenvalue weighted by molar-refractivity contribution is 5.75. The van der Waals surface area contributed by atoms with E-state index in [1.807, 2.05) is 6.92 Å². The van der Waals surface area contributed by atoms with Crippen molar-refractivity contribution in [3.63, 3.8) is 0 Å². The fourth-order valence-electron chi connectivity index (χ4n) is 2.84. The summed E-state index contributed by atoms with van der Waals surface area (Å²) in [6, 6.07) is 0.765. The molecule has 2 fully saturated rings. The molecule has 1 N–H and O–H groups in total. The van der Waals surface area contributed by atoms with Crippen LogP contribution in [0.1, 0.15) is 46.0 Å². The summed E-state index contributed by atoms with van der Waals surface area (Å²) in [6.07, 6.45) is 5.98. The topological polar surface area (TPSA) is 41.6 Å². The van der Waals surface area contributed by atoms with Crippen LogP contribution in [-0.2, 0) is 9.53 Å². The van der Waals surface area contributed by atoms with E-state index in [2.05, 4.69) is 17.1 Å². The summed E-state index contributed by atoms with van der Waals surface area (Å²) in [5.41, 5.74) is 0. The molecule has 2 atom stereocenters. The first kappa shape index (κ1) is 14.8. The Morgan fingerprint density at radius 2 is 2.16 bits per heavy atom. The molecule has 0 aromatic carbocycles. The van der Waals surface area contributed by atoms with Gasteiger partial charge in [0, 0.05) is 12.6 Å². The molecule has 0 spiro atoms. The molecule has 0 bridgehead atoms. The highest BCUT2D eigenvalue weighted by Crippen LogP contribution is 2.21. The molecule has 0 amide bonds. The van der Waals surface area contributed by atoms with Gasteiger partial charge in [-0.25, -0.2) is 0 Å². The molecule has 2 rings (SSSR count). The van der Waals surface area contributed by atoms with Crippen molar-refractivity contribution in [3.05, 3.63) is 0 Å². The molecular formula is C15H28N2O2. The molecule has 4 nitrogen and oxygen atoms in total. The molecular weight excluding hydrogens is 240 g/mol. The van der Waals surface area contributed by atoms with Crippen molar-refractivity contribution in [2.24, 2.45) is 5.92 Å². The number of carbonyl (C=O) groups excluding carboxylic acids is 1. The Bertz CT molecular complexity index is 292. The number of carbonyl (C=O) groups is 1. The molecule has 2 aliphatic rings. The largest absolute Gasteiger partial charge is 0.465 e. The smallest absolute Gasteiger partial charge is 0.323 e. The van der Waals surface area contributed by atoms with Gasteiger partial charge in [-0.3, -0.25) is 9.69 Å². The summed E-state index contributed by atoms with van der Waals surface area (Å²) in [7, 11) is 0. The van der Waals surface area contributed by atoms with Gasteiger partial charge < -0.3 is 10.1 Å². The van der Waals surface area contributed by atoms with Gasteiger partial charge in [0.05, 0.1) is 6.61 Å². The zero-order chi connectivity index (χ0) is 13.7. The van der Waals surface area contributed by atoms with Crippen LogP contribution in [-0.4, -0.2) is 49.2 Å². The number of ether oxygens (including phenoxy) is 1. The molecule has 1 heterocycles. The molecule has 1 saturated carbocycles. The number of hydrogen-bond acceptors (Lipinski definition) is 4. The van der Waals surface area contributed by atoms with E-state index in [0.717, 1.165) is 38.5 Å². The van der Waals surface area contributed by atoms with Crippen molar-refractivity contribution in [3.8, 4) is 0 Å². The molecule has 110 valence electrons.